The highest BCUT2D eigenvalue weighted by Gasteiger charge is 2.25. The fourth-order valence-corrected chi connectivity index (χ4v) is 2.71. The van der Waals surface area contributed by atoms with E-state index >= 15 is 0 Å². The fourth-order valence-electron chi connectivity index (χ4n) is 2.71. The van der Waals surface area contributed by atoms with E-state index in [4.69, 9.17) is 9.15 Å². The first-order chi connectivity index (χ1) is 13.3. The summed E-state index contributed by atoms with van der Waals surface area (Å²) in [4.78, 5) is 24.4. The molecule has 0 unspecified atom stereocenters. The van der Waals surface area contributed by atoms with Gasteiger partial charge >= 0.3 is 6.09 Å². The van der Waals surface area contributed by atoms with Crippen LogP contribution >= 0.6 is 0 Å². The highest BCUT2D eigenvalue weighted by molar-refractivity contribution is 5.94. The minimum absolute atomic E-state index is 0.0977. The Morgan fingerprint density at radius 1 is 1.25 bits per heavy atom. The van der Waals surface area contributed by atoms with Crippen LogP contribution in [0.5, 0.6) is 0 Å². The zero-order valence-corrected chi connectivity index (χ0v) is 16.2. The lowest BCUT2D eigenvalue weighted by atomic mass is 10.1. The number of nitrogens with one attached hydrogen (secondary N) is 2. The van der Waals surface area contributed by atoms with Crippen molar-refractivity contribution in [3.8, 4) is 11.5 Å². The maximum Gasteiger partial charge on any atom is 0.408 e. The number of carbonyl (C=O) groups is 2. The van der Waals surface area contributed by atoms with Gasteiger partial charge in [0.25, 0.3) is 0 Å². The number of anilines is 1. The van der Waals surface area contributed by atoms with E-state index in [0.29, 0.717) is 30.5 Å². The summed E-state index contributed by atoms with van der Waals surface area (Å²) < 4.78 is 11.2. The molecular formula is C20H24N4O4. The summed E-state index contributed by atoms with van der Waals surface area (Å²) in [5, 5.41) is 13.9. The maximum absolute atomic E-state index is 12.2. The van der Waals surface area contributed by atoms with Crippen LogP contribution in [0.15, 0.2) is 40.8 Å². The number of nitrogens with zero attached hydrogens (tertiary/aromatic N) is 2. The van der Waals surface area contributed by atoms with Crippen molar-refractivity contribution in [2.75, 3.05) is 5.32 Å². The number of aromatic nitrogens is 2. The summed E-state index contributed by atoms with van der Waals surface area (Å²) in [6, 6.07) is 6.68. The van der Waals surface area contributed by atoms with Crippen LogP contribution < -0.4 is 10.6 Å². The van der Waals surface area contributed by atoms with E-state index in [-0.39, 0.29) is 17.7 Å². The molecule has 0 fully saturated rings. The predicted molar refractivity (Wildman–Crippen MR) is 103 cm³/mol. The van der Waals surface area contributed by atoms with Crippen LogP contribution in [0, 0.1) is 0 Å². The number of hydrogen-bond acceptors (Lipinski definition) is 6. The van der Waals surface area contributed by atoms with Crippen LogP contribution in [0.4, 0.5) is 10.5 Å². The Balaban J connectivity index is 1.91. The van der Waals surface area contributed by atoms with E-state index in [0.717, 1.165) is 0 Å². The van der Waals surface area contributed by atoms with Gasteiger partial charge in [0.15, 0.2) is 0 Å². The molecule has 0 radical (unpaired) electrons. The molecule has 0 saturated carbocycles. The molecule has 148 valence electrons. The van der Waals surface area contributed by atoms with Crippen LogP contribution in [0.1, 0.15) is 52.0 Å². The Kier molecular flexibility index (Phi) is 5.77. The zero-order valence-electron chi connectivity index (χ0n) is 16.2. The van der Waals surface area contributed by atoms with E-state index in [1.54, 1.807) is 32.9 Å². The molecule has 1 aliphatic rings. The molecule has 1 aromatic carbocycles. The lowest BCUT2D eigenvalue weighted by Gasteiger charge is -2.21. The van der Waals surface area contributed by atoms with Gasteiger partial charge in [-0.2, -0.15) is 0 Å². The second-order valence-corrected chi connectivity index (χ2v) is 7.48. The Morgan fingerprint density at radius 2 is 2.04 bits per heavy atom. The SMILES string of the molecule is CC(C)(C)OC(=O)N[C@H]1C/C=C\CCC(=O)Nc2ccccc2-c2nnc1o2. The number of amides is 2. The molecule has 28 heavy (non-hydrogen) atoms. The van der Waals surface area contributed by atoms with Crippen LogP contribution in [0.25, 0.3) is 11.5 Å². The quantitative estimate of drug-likeness (QED) is 0.720. The van der Waals surface area contributed by atoms with Gasteiger partial charge in [0.05, 0.1) is 11.3 Å². The van der Waals surface area contributed by atoms with Gasteiger partial charge in [-0.15, -0.1) is 10.2 Å². The first-order valence-corrected chi connectivity index (χ1v) is 9.19. The number of ether oxygens (including phenoxy) is 1. The molecular weight excluding hydrogens is 360 g/mol. The summed E-state index contributed by atoms with van der Waals surface area (Å²) in [7, 11) is 0. The zero-order chi connectivity index (χ0) is 20.1. The van der Waals surface area contributed by atoms with Crippen molar-refractivity contribution in [2.45, 2.75) is 51.7 Å². The fraction of sp³-hybridized carbons (Fsp3) is 0.400. The van der Waals surface area contributed by atoms with Crippen molar-refractivity contribution in [2.24, 2.45) is 0 Å². The molecule has 2 aromatic rings. The minimum Gasteiger partial charge on any atom is -0.444 e. The van der Waals surface area contributed by atoms with Crippen LogP contribution in [0.3, 0.4) is 0 Å². The molecule has 1 aromatic heterocycles. The number of para-hydroxylation sites is 1. The summed E-state index contributed by atoms with van der Waals surface area (Å²) in [6.45, 7) is 5.38. The maximum atomic E-state index is 12.2. The molecule has 0 aliphatic carbocycles. The normalized spacial score (nSPS) is 18.5. The number of benzene rings is 1. The van der Waals surface area contributed by atoms with Crippen molar-refractivity contribution in [3.05, 3.63) is 42.3 Å². The molecule has 8 heteroatoms. The molecule has 3 rings (SSSR count). The molecule has 2 heterocycles. The average Bonchev–Trinajstić information content (AvgIpc) is 3.08. The molecule has 2 bridgehead atoms. The molecule has 1 atom stereocenters. The standard InChI is InChI=1S/C20H24N4O4/c1-20(2,3)28-19(26)22-15-11-5-4-6-12-16(25)21-14-10-8-7-9-13(14)17-23-24-18(15)27-17/h4-5,7-10,15H,6,11-12H2,1-3H3,(H,21,25)(H,22,26)/b5-4-/t15-/m0/s1. The van der Waals surface area contributed by atoms with Gasteiger partial charge in [-0.05, 0) is 45.7 Å². The molecule has 1 aliphatic heterocycles. The Morgan fingerprint density at radius 3 is 2.82 bits per heavy atom. The van der Waals surface area contributed by atoms with Gasteiger partial charge < -0.3 is 19.8 Å². The van der Waals surface area contributed by atoms with Crippen LogP contribution in [-0.2, 0) is 9.53 Å². The van der Waals surface area contributed by atoms with E-state index in [9.17, 15) is 9.59 Å². The first kappa shape index (κ1) is 19.6. The van der Waals surface area contributed by atoms with Gasteiger partial charge in [0.2, 0.25) is 17.7 Å². The van der Waals surface area contributed by atoms with E-state index in [2.05, 4.69) is 20.8 Å². The average molecular weight is 384 g/mol. The summed E-state index contributed by atoms with van der Waals surface area (Å²) in [5.41, 5.74) is 0.606. The van der Waals surface area contributed by atoms with Crippen molar-refractivity contribution in [3.63, 3.8) is 0 Å². The van der Waals surface area contributed by atoms with Crippen molar-refractivity contribution < 1.29 is 18.7 Å². The number of fused-ring (bicyclic) bond motifs is 4. The molecule has 0 spiro atoms. The molecule has 2 amide bonds. The smallest absolute Gasteiger partial charge is 0.408 e. The van der Waals surface area contributed by atoms with Crippen LogP contribution in [-0.4, -0.2) is 27.8 Å². The molecule has 0 saturated heterocycles. The summed E-state index contributed by atoms with van der Waals surface area (Å²) in [6.07, 6.45) is 4.58. The first-order valence-electron chi connectivity index (χ1n) is 9.19. The Labute approximate surface area is 163 Å². The highest BCUT2D eigenvalue weighted by atomic mass is 16.6. The van der Waals surface area contributed by atoms with Gasteiger partial charge in [0.1, 0.15) is 11.6 Å². The van der Waals surface area contributed by atoms with Gasteiger partial charge in [-0.3, -0.25) is 4.79 Å². The van der Waals surface area contributed by atoms with E-state index < -0.39 is 17.7 Å². The second-order valence-electron chi connectivity index (χ2n) is 7.48. The number of rotatable bonds is 1. The van der Waals surface area contributed by atoms with Gasteiger partial charge in [-0.1, -0.05) is 24.3 Å². The lowest BCUT2D eigenvalue weighted by Crippen LogP contribution is -2.35. The Hall–Kier alpha value is -3.16. The summed E-state index contributed by atoms with van der Waals surface area (Å²) >= 11 is 0. The topological polar surface area (TPSA) is 106 Å². The number of allylic oxidation sites excluding steroid dienone is 1. The number of carbonyl (C=O) groups excluding carboxylic acids is 2. The summed E-state index contributed by atoms with van der Waals surface area (Å²) in [5.74, 6) is 0.440. The number of hydrogen-bond donors (Lipinski definition) is 2. The Bertz CT molecular complexity index is 882. The monoisotopic (exact) mass is 384 g/mol. The second kappa shape index (κ2) is 8.24. The van der Waals surface area contributed by atoms with E-state index in [1.165, 1.54) is 0 Å². The largest absolute Gasteiger partial charge is 0.444 e. The lowest BCUT2D eigenvalue weighted by molar-refractivity contribution is -0.116. The predicted octanol–water partition coefficient (Wildman–Crippen LogP) is 3.98. The third-order valence-electron chi connectivity index (χ3n) is 3.94. The third kappa shape index (κ3) is 5.18. The molecule has 2 N–H and O–H groups in total. The van der Waals surface area contributed by atoms with Crippen molar-refractivity contribution in [1.29, 1.82) is 0 Å². The van der Waals surface area contributed by atoms with Crippen molar-refractivity contribution >= 4 is 17.7 Å². The highest BCUT2D eigenvalue weighted by Crippen LogP contribution is 2.29. The minimum atomic E-state index is -0.617. The van der Waals surface area contributed by atoms with Gasteiger partial charge in [0, 0.05) is 6.42 Å². The third-order valence-corrected chi connectivity index (χ3v) is 3.94. The molecule has 8 nitrogen and oxygen atoms in total. The van der Waals surface area contributed by atoms with E-state index in [1.807, 2.05) is 24.3 Å². The van der Waals surface area contributed by atoms with Gasteiger partial charge in [-0.25, -0.2) is 4.79 Å². The van der Waals surface area contributed by atoms with Crippen molar-refractivity contribution in [1.82, 2.24) is 15.5 Å². The van der Waals surface area contributed by atoms with Crippen LogP contribution in [0.2, 0.25) is 0 Å². The number of alkyl carbamates (subject to hydrolysis) is 1.